The molecular formula is C16H19BrN2O. The molecule has 1 aliphatic carbocycles. The van der Waals surface area contributed by atoms with Gasteiger partial charge in [0.05, 0.1) is 12.1 Å². The van der Waals surface area contributed by atoms with E-state index in [0.717, 1.165) is 29.3 Å². The second kappa shape index (κ2) is 6.41. The fourth-order valence-corrected chi connectivity index (χ4v) is 3.16. The van der Waals surface area contributed by atoms with E-state index in [9.17, 15) is 10.1 Å². The Morgan fingerprint density at radius 2 is 2.10 bits per heavy atom. The fourth-order valence-electron chi connectivity index (χ4n) is 2.74. The van der Waals surface area contributed by atoms with Crippen molar-refractivity contribution in [2.24, 2.45) is 5.41 Å². The van der Waals surface area contributed by atoms with Crippen molar-refractivity contribution in [2.45, 2.75) is 45.1 Å². The Labute approximate surface area is 128 Å². The van der Waals surface area contributed by atoms with Gasteiger partial charge < -0.3 is 5.32 Å². The predicted octanol–water partition coefficient (Wildman–Crippen LogP) is 4.10. The van der Waals surface area contributed by atoms with Crippen molar-refractivity contribution in [3.05, 3.63) is 34.3 Å². The van der Waals surface area contributed by atoms with E-state index < -0.39 is 5.41 Å². The average molecular weight is 335 g/mol. The van der Waals surface area contributed by atoms with Gasteiger partial charge in [-0.05, 0) is 37.5 Å². The number of hydrogen-bond acceptors (Lipinski definition) is 2. The highest BCUT2D eigenvalue weighted by Crippen LogP contribution is 2.36. The summed E-state index contributed by atoms with van der Waals surface area (Å²) in [6.45, 7) is 1.95. The molecule has 1 aromatic rings. The lowest BCUT2D eigenvalue weighted by Gasteiger charge is -2.30. The van der Waals surface area contributed by atoms with Crippen molar-refractivity contribution >= 4 is 21.8 Å². The molecule has 0 heterocycles. The third kappa shape index (κ3) is 3.21. The van der Waals surface area contributed by atoms with E-state index in [2.05, 4.69) is 27.3 Å². The van der Waals surface area contributed by atoms with E-state index in [-0.39, 0.29) is 11.9 Å². The van der Waals surface area contributed by atoms with E-state index in [0.29, 0.717) is 12.8 Å². The second-order valence-corrected chi connectivity index (χ2v) is 6.42. The Morgan fingerprint density at radius 3 is 2.70 bits per heavy atom. The van der Waals surface area contributed by atoms with E-state index in [4.69, 9.17) is 0 Å². The number of carbonyl (C=O) groups excluding carboxylic acids is 1. The van der Waals surface area contributed by atoms with Crippen LogP contribution in [-0.4, -0.2) is 5.91 Å². The van der Waals surface area contributed by atoms with Gasteiger partial charge in [-0.25, -0.2) is 0 Å². The van der Waals surface area contributed by atoms with E-state index in [1.807, 2.05) is 31.2 Å². The third-order valence-corrected chi connectivity index (χ3v) is 4.55. The maximum absolute atomic E-state index is 12.5. The number of amides is 1. The Kier molecular flexibility index (Phi) is 4.82. The lowest BCUT2D eigenvalue weighted by Crippen LogP contribution is -2.42. The van der Waals surface area contributed by atoms with Crippen molar-refractivity contribution in [1.82, 2.24) is 5.32 Å². The number of rotatable bonds is 3. The fraction of sp³-hybridized carbons (Fsp3) is 0.500. The lowest BCUT2D eigenvalue weighted by molar-refractivity contribution is -0.130. The number of nitrogens with one attached hydrogen (secondary N) is 1. The third-order valence-electron chi connectivity index (χ3n) is 4.05. The molecule has 0 bridgehead atoms. The standard InChI is InChI=1S/C16H19BrN2O/c1-12(13-6-5-7-14(17)10-13)19-15(20)16(11-18)8-3-2-4-9-16/h5-7,10,12H,2-4,8-9H2,1H3,(H,19,20). The minimum atomic E-state index is -0.821. The van der Waals surface area contributed by atoms with Gasteiger partial charge in [0.2, 0.25) is 5.91 Å². The molecule has 3 nitrogen and oxygen atoms in total. The summed E-state index contributed by atoms with van der Waals surface area (Å²) in [7, 11) is 0. The molecule has 0 aliphatic heterocycles. The number of halogens is 1. The number of benzene rings is 1. The summed E-state index contributed by atoms with van der Waals surface area (Å²) >= 11 is 3.43. The molecule has 0 spiro atoms. The Hall–Kier alpha value is -1.34. The van der Waals surface area contributed by atoms with Crippen LogP contribution in [0.1, 0.15) is 50.6 Å². The van der Waals surface area contributed by atoms with Crippen LogP contribution in [0.4, 0.5) is 0 Å². The van der Waals surface area contributed by atoms with E-state index in [1.54, 1.807) is 0 Å². The normalized spacial score (nSPS) is 18.9. The molecule has 1 saturated carbocycles. The van der Waals surface area contributed by atoms with Crippen LogP contribution in [0.15, 0.2) is 28.7 Å². The maximum atomic E-state index is 12.5. The molecule has 0 aromatic heterocycles. The van der Waals surface area contributed by atoms with Gasteiger partial charge in [-0.3, -0.25) is 4.79 Å². The molecular weight excluding hydrogens is 316 g/mol. The van der Waals surface area contributed by atoms with Gasteiger partial charge in [0.1, 0.15) is 5.41 Å². The zero-order chi connectivity index (χ0) is 14.6. The van der Waals surface area contributed by atoms with Crippen molar-refractivity contribution in [3.63, 3.8) is 0 Å². The summed E-state index contributed by atoms with van der Waals surface area (Å²) in [6.07, 6.45) is 4.41. The zero-order valence-corrected chi connectivity index (χ0v) is 13.2. The molecule has 1 atom stereocenters. The molecule has 106 valence electrons. The van der Waals surface area contributed by atoms with Crippen LogP contribution in [0.25, 0.3) is 0 Å². The second-order valence-electron chi connectivity index (χ2n) is 5.50. The molecule has 1 unspecified atom stereocenters. The average Bonchev–Trinajstić information content (AvgIpc) is 2.47. The molecule has 4 heteroatoms. The number of nitriles is 1. The molecule has 1 aromatic carbocycles. The first-order chi connectivity index (χ1) is 9.57. The minimum absolute atomic E-state index is 0.0906. The van der Waals surface area contributed by atoms with Crippen LogP contribution in [0.2, 0.25) is 0 Å². The molecule has 0 saturated heterocycles. The predicted molar refractivity (Wildman–Crippen MR) is 81.8 cm³/mol. The summed E-state index contributed by atoms with van der Waals surface area (Å²) in [5.74, 6) is -0.118. The summed E-state index contributed by atoms with van der Waals surface area (Å²) < 4.78 is 0.990. The molecule has 1 N–H and O–H groups in total. The molecule has 2 rings (SSSR count). The van der Waals surface area contributed by atoms with Crippen molar-refractivity contribution in [2.75, 3.05) is 0 Å². The van der Waals surface area contributed by atoms with Crippen LogP contribution in [-0.2, 0) is 4.79 Å². The van der Waals surface area contributed by atoms with Gasteiger partial charge in [-0.1, -0.05) is 47.3 Å². The summed E-state index contributed by atoms with van der Waals surface area (Å²) in [5.41, 5.74) is 0.218. The van der Waals surface area contributed by atoms with Crippen molar-refractivity contribution in [1.29, 1.82) is 5.26 Å². The van der Waals surface area contributed by atoms with Crippen LogP contribution >= 0.6 is 15.9 Å². The van der Waals surface area contributed by atoms with Crippen molar-refractivity contribution < 1.29 is 4.79 Å². The van der Waals surface area contributed by atoms with Gasteiger partial charge >= 0.3 is 0 Å². The Morgan fingerprint density at radius 1 is 1.40 bits per heavy atom. The summed E-state index contributed by atoms with van der Waals surface area (Å²) in [4.78, 5) is 12.5. The first-order valence-corrected chi connectivity index (χ1v) is 7.84. The molecule has 1 amide bonds. The molecule has 20 heavy (non-hydrogen) atoms. The van der Waals surface area contributed by atoms with E-state index >= 15 is 0 Å². The summed E-state index contributed by atoms with van der Waals surface area (Å²) in [5, 5.41) is 12.4. The van der Waals surface area contributed by atoms with Crippen molar-refractivity contribution in [3.8, 4) is 6.07 Å². The van der Waals surface area contributed by atoms with Gasteiger partial charge in [0.15, 0.2) is 0 Å². The quantitative estimate of drug-likeness (QED) is 0.904. The first kappa shape index (κ1) is 15.1. The molecule has 1 fully saturated rings. The SMILES string of the molecule is CC(NC(=O)C1(C#N)CCCCC1)c1cccc(Br)c1. The zero-order valence-electron chi connectivity index (χ0n) is 11.7. The lowest BCUT2D eigenvalue weighted by atomic mass is 9.74. The highest BCUT2D eigenvalue weighted by atomic mass is 79.9. The van der Waals surface area contributed by atoms with E-state index in [1.165, 1.54) is 0 Å². The topological polar surface area (TPSA) is 52.9 Å². The van der Waals surface area contributed by atoms with Crippen LogP contribution in [0.3, 0.4) is 0 Å². The van der Waals surface area contributed by atoms with Gasteiger partial charge in [-0.15, -0.1) is 0 Å². The van der Waals surface area contributed by atoms with Gasteiger partial charge in [0.25, 0.3) is 0 Å². The van der Waals surface area contributed by atoms with Crippen LogP contribution in [0.5, 0.6) is 0 Å². The smallest absolute Gasteiger partial charge is 0.240 e. The monoisotopic (exact) mass is 334 g/mol. The molecule has 0 radical (unpaired) electrons. The van der Waals surface area contributed by atoms with Gasteiger partial charge in [0, 0.05) is 4.47 Å². The maximum Gasteiger partial charge on any atom is 0.240 e. The Balaban J connectivity index is 2.09. The number of hydrogen-bond donors (Lipinski definition) is 1. The number of carbonyl (C=O) groups is 1. The highest BCUT2D eigenvalue weighted by Gasteiger charge is 2.40. The van der Waals surface area contributed by atoms with Gasteiger partial charge in [-0.2, -0.15) is 5.26 Å². The number of nitrogens with zero attached hydrogens (tertiary/aromatic N) is 1. The first-order valence-electron chi connectivity index (χ1n) is 7.05. The van der Waals surface area contributed by atoms with Crippen LogP contribution in [0, 0.1) is 16.7 Å². The summed E-state index contributed by atoms with van der Waals surface area (Å²) in [6, 6.07) is 10.0. The largest absolute Gasteiger partial charge is 0.348 e. The molecule has 1 aliphatic rings. The minimum Gasteiger partial charge on any atom is -0.348 e. The highest BCUT2D eigenvalue weighted by molar-refractivity contribution is 9.10. The van der Waals surface area contributed by atoms with Crippen LogP contribution < -0.4 is 5.32 Å². The Bertz CT molecular complexity index is 530.